The third kappa shape index (κ3) is 10.9. The van der Waals surface area contributed by atoms with Crippen molar-refractivity contribution in [3.8, 4) is 12.4 Å². The summed E-state index contributed by atoms with van der Waals surface area (Å²) in [5, 5.41) is 24.4. The molecule has 6 heteroatoms. The van der Waals surface area contributed by atoms with Gasteiger partial charge in [0.1, 0.15) is 0 Å². The van der Waals surface area contributed by atoms with Crippen molar-refractivity contribution in [1.29, 1.82) is 10.5 Å². The first-order valence-corrected chi connectivity index (χ1v) is 11.7. The number of aryl methyl sites for hydroxylation is 2. The molecule has 0 heterocycles. The summed E-state index contributed by atoms with van der Waals surface area (Å²) in [6.45, 7) is 4.40. The molecule has 28 heavy (non-hydrogen) atoms. The third-order valence-electron chi connectivity index (χ3n) is 4.07. The molecule has 4 nitrogen and oxygen atoms in total. The van der Waals surface area contributed by atoms with Crippen LogP contribution in [0.5, 0.6) is 0 Å². The Kier molecular flexibility index (Phi) is 13.6. The maximum absolute atomic E-state index is 8.34. The van der Waals surface area contributed by atoms with E-state index in [1.165, 1.54) is 47.4 Å². The Morgan fingerprint density at radius 1 is 0.679 bits per heavy atom. The molecule has 0 radical (unpaired) electrons. The van der Waals surface area contributed by atoms with E-state index in [2.05, 4.69) is 72.6 Å². The number of rotatable bonds is 10. The van der Waals surface area contributed by atoms with Gasteiger partial charge in [-0.3, -0.25) is 0 Å². The van der Waals surface area contributed by atoms with Gasteiger partial charge >= 0.3 is 0 Å². The Balaban J connectivity index is 0.000000280. The smallest absolute Gasteiger partial charge is 0.180 e. The Bertz CT molecular complexity index is 666. The number of nitriles is 2. The van der Waals surface area contributed by atoms with Crippen LogP contribution in [0.15, 0.2) is 48.5 Å². The van der Waals surface area contributed by atoms with Gasteiger partial charge in [-0.2, -0.15) is 10.5 Å². The Morgan fingerprint density at radius 2 is 1.04 bits per heavy atom. The van der Waals surface area contributed by atoms with Gasteiger partial charge in [-0.25, -0.2) is 0 Å². The first-order chi connectivity index (χ1) is 13.7. The van der Waals surface area contributed by atoms with E-state index in [1.807, 2.05) is 12.4 Å². The molecule has 0 aliphatic heterocycles. The van der Waals surface area contributed by atoms with Crippen molar-refractivity contribution in [3.05, 3.63) is 59.7 Å². The van der Waals surface area contributed by atoms with E-state index in [4.69, 9.17) is 10.5 Å². The second kappa shape index (κ2) is 15.9. The van der Waals surface area contributed by atoms with E-state index in [1.54, 1.807) is 0 Å². The van der Waals surface area contributed by atoms with E-state index in [0.29, 0.717) is 17.5 Å². The highest BCUT2D eigenvalue weighted by atomic mass is 31.1. The molecule has 0 fully saturated rings. The number of nitrogens with zero attached hydrogens (tertiary/aromatic N) is 2. The minimum Gasteiger partial charge on any atom is -0.301 e. The fraction of sp³-hybridized carbons (Fsp3) is 0.364. The molecule has 2 rings (SSSR count). The second-order valence-electron chi connectivity index (χ2n) is 6.32. The van der Waals surface area contributed by atoms with Gasteiger partial charge in [0.15, 0.2) is 12.4 Å². The maximum atomic E-state index is 8.34. The molecule has 0 amide bonds. The maximum Gasteiger partial charge on any atom is 0.180 e. The predicted molar refractivity (Wildman–Crippen MR) is 124 cm³/mol. The van der Waals surface area contributed by atoms with Crippen molar-refractivity contribution < 1.29 is 0 Å². The lowest BCUT2D eigenvalue weighted by atomic mass is 10.1. The summed E-state index contributed by atoms with van der Waals surface area (Å²) < 4.78 is 0. The quantitative estimate of drug-likeness (QED) is 0.339. The van der Waals surface area contributed by atoms with Crippen LogP contribution in [-0.4, -0.2) is 0 Å². The van der Waals surface area contributed by atoms with Crippen molar-refractivity contribution in [3.63, 3.8) is 0 Å². The topological polar surface area (TPSA) is 71.6 Å². The lowest BCUT2D eigenvalue weighted by molar-refractivity contribution is 0.795. The molecule has 0 aliphatic rings. The van der Waals surface area contributed by atoms with E-state index < -0.39 is 0 Å². The highest BCUT2D eigenvalue weighted by Gasteiger charge is 1.95. The van der Waals surface area contributed by atoms with Gasteiger partial charge in [-0.1, -0.05) is 75.2 Å². The molecule has 0 spiro atoms. The first-order valence-electron chi connectivity index (χ1n) is 9.71. The summed E-state index contributed by atoms with van der Waals surface area (Å²) >= 11 is 0. The van der Waals surface area contributed by atoms with Crippen molar-refractivity contribution in [2.24, 2.45) is 0 Å². The van der Waals surface area contributed by atoms with Crippen LogP contribution in [0.25, 0.3) is 0 Å². The highest BCUT2D eigenvalue weighted by molar-refractivity contribution is 7.45. The van der Waals surface area contributed by atoms with Crippen molar-refractivity contribution >= 4 is 28.1 Å². The van der Waals surface area contributed by atoms with E-state index in [9.17, 15) is 0 Å². The zero-order chi connectivity index (χ0) is 20.5. The van der Waals surface area contributed by atoms with Gasteiger partial charge < -0.3 is 10.2 Å². The summed E-state index contributed by atoms with van der Waals surface area (Å²) in [5.41, 5.74) is 2.77. The largest absolute Gasteiger partial charge is 0.301 e. The molecular formula is C22H30N4P2. The zero-order valence-electron chi connectivity index (χ0n) is 16.8. The SMILES string of the molecule is CCCCc1ccc(PNC#N)cc1.CCCCc1ccc(PNC#N)cc1. The molecule has 0 saturated heterocycles. The van der Waals surface area contributed by atoms with Crippen LogP contribution in [0, 0.1) is 22.9 Å². The molecule has 2 aromatic carbocycles. The summed E-state index contributed by atoms with van der Waals surface area (Å²) in [6, 6.07) is 17.0. The fourth-order valence-electron chi connectivity index (χ4n) is 2.47. The Morgan fingerprint density at radius 3 is 1.32 bits per heavy atom. The average Bonchev–Trinajstić information content (AvgIpc) is 2.75. The second-order valence-corrected chi connectivity index (χ2v) is 8.48. The number of benzene rings is 2. The monoisotopic (exact) mass is 412 g/mol. The average molecular weight is 412 g/mol. The summed E-state index contributed by atoms with van der Waals surface area (Å²) in [6.07, 6.45) is 11.1. The minimum atomic E-state index is 0.392. The van der Waals surface area contributed by atoms with E-state index >= 15 is 0 Å². The van der Waals surface area contributed by atoms with Gasteiger partial charge in [0.25, 0.3) is 0 Å². The van der Waals surface area contributed by atoms with Crippen molar-refractivity contribution in [1.82, 2.24) is 10.2 Å². The minimum absolute atomic E-state index is 0.392. The van der Waals surface area contributed by atoms with Crippen LogP contribution < -0.4 is 20.8 Å². The number of hydrogen-bond acceptors (Lipinski definition) is 4. The van der Waals surface area contributed by atoms with Crippen LogP contribution in [-0.2, 0) is 12.8 Å². The van der Waals surface area contributed by atoms with Gasteiger partial charge in [-0.15, -0.1) is 0 Å². The first kappa shape index (κ1) is 23.9. The van der Waals surface area contributed by atoms with Gasteiger partial charge in [0.05, 0.1) is 0 Å². The number of unbranched alkanes of at least 4 members (excludes halogenated alkanes) is 2. The van der Waals surface area contributed by atoms with Crippen LogP contribution in [0.3, 0.4) is 0 Å². The van der Waals surface area contributed by atoms with Crippen molar-refractivity contribution in [2.45, 2.75) is 52.4 Å². The molecule has 2 aromatic rings. The van der Waals surface area contributed by atoms with Crippen LogP contribution in [0.2, 0.25) is 0 Å². The van der Waals surface area contributed by atoms with E-state index in [0.717, 1.165) is 12.8 Å². The zero-order valence-corrected chi connectivity index (χ0v) is 18.8. The molecule has 0 aromatic heterocycles. The molecule has 0 saturated carbocycles. The number of nitrogens with one attached hydrogen (secondary N) is 2. The van der Waals surface area contributed by atoms with Gasteiger partial charge in [0, 0.05) is 17.5 Å². The van der Waals surface area contributed by atoms with Crippen LogP contribution in [0.4, 0.5) is 0 Å². The standard InChI is InChI=1S/2C11H15N2P/c2*1-2-3-4-10-5-7-11(8-6-10)14-13-9-12/h2*5-8,13-14H,2-4H2,1H3. The Labute approximate surface area is 173 Å². The third-order valence-corrected chi connectivity index (χ3v) is 5.79. The lowest BCUT2D eigenvalue weighted by Gasteiger charge is -2.02. The lowest BCUT2D eigenvalue weighted by Crippen LogP contribution is -2.01. The molecule has 2 N–H and O–H groups in total. The van der Waals surface area contributed by atoms with Gasteiger partial charge in [0.2, 0.25) is 0 Å². The normalized spacial score (nSPS) is 10.3. The molecule has 0 bridgehead atoms. The van der Waals surface area contributed by atoms with E-state index in [-0.39, 0.29) is 0 Å². The summed E-state index contributed by atoms with van der Waals surface area (Å²) in [7, 11) is 0.784. The Hall–Kier alpha value is -2.12. The summed E-state index contributed by atoms with van der Waals surface area (Å²) in [5.74, 6) is 0. The fourth-order valence-corrected chi connectivity index (χ4v) is 3.54. The highest BCUT2D eigenvalue weighted by Crippen LogP contribution is 2.09. The molecule has 2 atom stereocenters. The molecule has 2 unspecified atom stereocenters. The van der Waals surface area contributed by atoms with Crippen LogP contribution >= 0.6 is 17.5 Å². The molecular weight excluding hydrogens is 382 g/mol. The number of hydrogen-bond donors (Lipinski definition) is 2. The predicted octanol–water partition coefficient (Wildman–Crippen LogP) is 4.64. The van der Waals surface area contributed by atoms with Gasteiger partial charge in [-0.05, 0) is 47.4 Å². The van der Waals surface area contributed by atoms with Crippen LogP contribution in [0.1, 0.15) is 50.7 Å². The summed E-state index contributed by atoms with van der Waals surface area (Å²) in [4.78, 5) is 0. The van der Waals surface area contributed by atoms with Crippen molar-refractivity contribution in [2.75, 3.05) is 0 Å². The molecule has 148 valence electrons. The molecule has 0 aliphatic carbocycles.